The van der Waals surface area contributed by atoms with E-state index in [0.29, 0.717) is 6.42 Å². The fourth-order valence-corrected chi connectivity index (χ4v) is 4.54. The molecule has 0 aliphatic rings. The molecule has 0 saturated heterocycles. The Balaban J connectivity index is 4.24. The molecule has 234 valence electrons. The normalized spacial score (nSPS) is 14.0. The lowest BCUT2D eigenvalue weighted by Crippen LogP contribution is -2.29. The smallest absolute Gasteiger partial charge is 0.462 e. The van der Waals surface area contributed by atoms with E-state index in [1.807, 2.05) is 0 Å². The van der Waals surface area contributed by atoms with Crippen LogP contribution in [0.3, 0.4) is 0 Å². The Hall–Kier alpha value is -1.51. The van der Waals surface area contributed by atoms with Crippen LogP contribution in [0.2, 0.25) is 0 Å². The van der Waals surface area contributed by atoms with E-state index in [4.69, 9.17) is 24.3 Å². The van der Waals surface area contributed by atoms with Crippen LogP contribution in [0.5, 0.6) is 0 Å². The molecule has 10 heteroatoms. The first-order valence-electron chi connectivity index (χ1n) is 15.3. The summed E-state index contributed by atoms with van der Waals surface area (Å²) in [5.74, 6) is -0.869. The minimum atomic E-state index is -4.35. The zero-order valence-corrected chi connectivity index (χ0v) is 26.0. The Morgan fingerprint density at radius 3 is 1.95 bits per heavy atom. The van der Waals surface area contributed by atoms with Gasteiger partial charge < -0.3 is 20.1 Å². The first-order valence-corrected chi connectivity index (χ1v) is 16.8. The molecule has 0 radical (unpaired) electrons. The number of phosphoric ester groups is 1. The highest BCUT2D eigenvalue weighted by molar-refractivity contribution is 7.47. The number of ether oxygens (including phenoxy) is 2. The highest BCUT2D eigenvalue weighted by Gasteiger charge is 2.25. The van der Waals surface area contributed by atoms with Gasteiger partial charge in [-0.15, -0.1) is 0 Å². The predicted octanol–water partition coefficient (Wildman–Crippen LogP) is 7.32. The minimum absolute atomic E-state index is 0.0511. The molecule has 0 bridgehead atoms. The van der Waals surface area contributed by atoms with Gasteiger partial charge in [0, 0.05) is 19.4 Å². The number of esters is 2. The number of rotatable bonds is 28. The number of hydrogen-bond acceptors (Lipinski definition) is 8. The number of carbonyl (C=O) groups excluding carboxylic acids is 2. The first kappa shape index (κ1) is 38.5. The second-order valence-corrected chi connectivity index (χ2v) is 11.4. The van der Waals surface area contributed by atoms with Gasteiger partial charge in [-0.25, -0.2) is 4.57 Å². The summed E-state index contributed by atoms with van der Waals surface area (Å²) >= 11 is 0. The fourth-order valence-electron chi connectivity index (χ4n) is 3.78. The Bertz CT molecular complexity index is 728. The molecule has 0 aliphatic heterocycles. The van der Waals surface area contributed by atoms with Crippen molar-refractivity contribution >= 4 is 19.8 Å². The quantitative estimate of drug-likeness (QED) is 0.0416. The summed E-state index contributed by atoms with van der Waals surface area (Å²) in [5, 5.41) is 0. The van der Waals surface area contributed by atoms with E-state index >= 15 is 0 Å². The van der Waals surface area contributed by atoms with Crippen LogP contribution in [0.4, 0.5) is 0 Å². The lowest BCUT2D eigenvalue weighted by Gasteiger charge is -2.19. The lowest BCUT2D eigenvalue weighted by molar-refractivity contribution is -0.161. The van der Waals surface area contributed by atoms with Gasteiger partial charge >= 0.3 is 19.8 Å². The monoisotopic (exact) mass is 589 g/mol. The zero-order valence-electron chi connectivity index (χ0n) is 25.1. The third-order valence-corrected chi connectivity index (χ3v) is 7.07. The van der Waals surface area contributed by atoms with Crippen LogP contribution in [0.25, 0.3) is 0 Å². The van der Waals surface area contributed by atoms with Gasteiger partial charge in [0.2, 0.25) is 0 Å². The number of phosphoric acid groups is 1. The number of unbranched alkanes of at least 4 members (excludes halogenated alkanes) is 11. The minimum Gasteiger partial charge on any atom is -0.462 e. The van der Waals surface area contributed by atoms with E-state index in [9.17, 15) is 19.0 Å². The van der Waals surface area contributed by atoms with Gasteiger partial charge in [-0.2, -0.15) is 0 Å². The molecular weight excluding hydrogens is 533 g/mol. The van der Waals surface area contributed by atoms with Crippen LogP contribution >= 0.6 is 7.82 Å². The maximum Gasteiger partial charge on any atom is 0.472 e. The molecule has 0 rings (SSSR count). The Kier molecular flexibility index (Phi) is 26.6. The molecule has 0 fully saturated rings. The molecule has 0 spiro atoms. The highest BCUT2D eigenvalue weighted by atomic mass is 31.2. The molecule has 2 unspecified atom stereocenters. The summed E-state index contributed by atoms with van der Waals surface area (Å²) in [7, 11) is -4.35. The van der Waals surface area contributed by atoms with Crippen LogP contribution in [0, 0.1) is 0 Å². The molecule has 0 aromatic rings. The van der Waals surface area contributed by atoms with Gasteiger partial charge in [0.1, 0.15) is 6.61 Å². The number of hydrogen-bond donors (Lipinski definition) is 2. The van der Waals surface area contributed by atoms with Crippen LogP contribution < -0.4 is 5.73 Å². The average Bonchev–Trinajstić information content (AvgIpc) is 2.93. The molecule has 3 N–H and O–H groups in total. The van der Waals surface area contributed by atoms with Crippen LogP contribution in [0.1, 0.15) is 123 Å². The first-order chi connectivity index (χ1) is 19.3. The summed E-state index contributed by atoms with van der Waals surface area (Å²) in [5.41, 5.74) is 5.28. The van der Waals surface area contributed by atoms with Crippen LogP contribution in [0.15, 0.2) is 24.3 Å². The molecular formula is C30H56NO8P. The van der Waals surface area contributed by atoms with Crippen molar-refractivity contribution < 1.29 is 37.6 Å². The summed E-state index contributed by atoms with van der Waals surface area (Å²) in [4.78, 5) is 34.1. The van der Waals surface area contributed by atoms with Crippen molar-refractivity contribution in [2.45, 2.75) is 129 Å². The van der Waals surface area contributed by atoms with Crippen molar-refractivity contribution in [3.05, 3.63) is 24.3 Å². The van der Waals surface area contributed by atoms with Crippen LogP contribution in [-0.2, 0) is 32.7 Å². The van der Waals surface area contributed by atoms with Gasteiger partial charge in [0.05, 0.1) is 13.2 Å². The number of nitrogens with two attached hydrogens (primary N) is 1. The molecule has 0 aromatic carbocycles. The number of carbonyl (C=O) groups is 2. The molecule has 0 amide bonds. The molecule has 0 heterocycles. The zero-order chi connectivity index (χ0) is 29.7. The second kappa shape index (κ2) is 27.6. The molecule has 0 saturated carbocycles. The van der Waals surface area contributed by atoms with Crippen molar-refractivity contribution in [1.29, 1.82) is 0 Å². The summed E-state index contributed by atoms with van der Waals surface area (Å²) in [6.45, 7) is 3.51. The molecule has 2 atom stereocenters. The van der Waals surface area contributed by atoms with Crippen molar-refractivity contribution in [2.24, 2.45) is 5.73 Å². The fraction of sp³-hybridized carbons (Fsp3) is 0.800. The van der Waals surface area contributed by atoms with Gasteiger partial charge in [-0.3, -0.25) is 18.6 Å². The number of allylic oxidation sites excluding steroid dienone is 4. The third kappa shape index (κ3) is 26.7. The Morgan fingerprint density at radius 1 is 0.750 bits per heavy atom. The SMILES string of the molecule is CCCCC/C=C\C/C=C\CCCCCCCC(=O)OC(COC(=O)CCCCCC)COP(=O)(O)OCCN. The van der Waals surface area contributed by atoms with Crippen molar-refractivity contribution in [2.75, 3.05) is 26.4 Å². The van der Waals surface area contributed by atoms with E-state index < -0.39 is 32.5 Å². The third-order valence-electron chi connectivity index (χ3n) is 6.09. The van der Waals surface area contributed by atoms with Crippen molar-refractivity contribution in [3.8, 4) is 0 Å². The average molecular weight is 590 g/mol. The molecule has 9 nitrogen and oxygen atoms in total. The van der Waals surface area contributed by atoms with Gasteiger partial charge in [-0.1, -0.05) is 89.5 Å². The topological polar surface area (TPSA) is 134 Å². The van der Waals surface area contributed by atoms with Crippen LogP contribution in [-0.4, -0.2) is 49.3 Å². The lowest BCUT2D eigenvalue weighted by atomic mass is 10.1. The van der Waals surface area contributed by atoms with E-state index in [1.165, 1.54) is 25.7 Å². The van der Waals surface area contributed by atoms with E-state index in [1.54, 1.807) is 0 Å². The second-order valence-electron chi connectivity index (χ2n) is 9.97. The summed E-state index contributed by atoms with van der Waals surface area (Å²) in [6, 6.07) is 0. The van der Waals surface area contributed by atoms with Gasteiger partial charge in [0.15, 0.2) is 6.10 Å². The summed E-state index contributed by atoms with van der Waals surface area (Å²) in [6.07, 6.45) is 24.1. The largest absolute Gasteiger partial charge is 0.472 e. The van der Waals surface area contributed by atoms with Gasteiger partial charge in [-0.05, 0) is 44.9 Å². The van der Waals surface area contributed by atoms with Crippen molar-refractivity contribution in [1.82, 2.24) is 0 Å². The maximum atomic E-state index is 12.4. The standard InChI is InChI=1S/C30H56NO8P/c1-3-5-7-9-10-11-12-13-14-15-16-17-18-19-21-23-30(33)39-28(27-38-40(34,35)37-25-24-31)26-36-29(32)22-20-8-6-4-2/h10-11,13-14,28H,3-9,12,15-27,31H2,1-2H3,(H,34,35)/b11-10-,14-13-. The molecule has 0 aliphatic carbocycles. The van der Waals surface area contributed by atoms with Crippen molar-refractivity contribution in [3.63, 3.8) is 0 Å². The van der Waals surface area contributed by atoms with E-state index in [2.05, 4.69) is 38.2 Å². The maximum absolute atomic E-state index is 12.4. The summed E-state index contributed by atoms with van der Waals surface area (Å²) < 4.78 is 32.2. The Labute approximate surface area is 242 Å². The van der Waals surface area contributed by atoms with E-state index in [0.717, 1.165) is 64.2 Å². The Morgan fingerprint density at radius 2 is 1.30 bits per heavy atom. The molecule has 40 heavy (non-hydrogen) atoms. The van der Waals surface area contributed by atoms with Gasteiger partial charge in [0.25, 0.3) is 0 Å². The highest BCUT2D eigenvalue weighted by Crippen LogP contribution is 2.43. The predicted molar refractivity (Wildman–Crippen MR) is 160 cm³/mol. The molecule has 0 aromatic heterocycles. The van der Waals surface area contributed by atoms with E-state index in [-0.39, 0.29) is 32.6 Å².